The molecule has 0 spiro atoms. The molecule has 1 saturated heterocycles. The molecule has 5 fully saturated rings. The van der Waals surface area contributed by atoms with Gasteiger partial charge in [-0.2, -0.15) is 0 Å². The minimum absolute atomic E-state index is 0.219. The van der Waals surface area contributed by atoms with Crippen LogP contribution in [0.25, 0.3) is 0 Å². The predicted octanol–water partition coefficient (Wildman–Crippen LogP) is 6.62. The molecule has 42 heavy (non-hydrogen) atoms. The van der Waals surface area contributed by atoms with E-state index in [2.05, 4.69) is 0 Å². The number of nitro groups is 1. The van der Waals surface area contributed by atoms with E-state index in [9.17, 15) is 14.9 Å². The van der Waals surface area contributed by atoms with Gasteiger partial charge in [-0.15, -0.1) is 0 Å². The van der Waals surface area contributed by atoms with Gasteiger partial charge in [-0.1, -0.05) is 57.8 Å². The molecule has 1 heterocycles. The molecule has 4 atom stereocenters. The Morgan fingerprint density at radius 1 is 0.643 bits per heavy atom. The first-order chi connectivity index (χ1) is 20.6. The summed E-state index contributed by atoms with van der Waals surface area (Å²) in [6, 6.07) is -0.563. The highest BCUT2D eigenvalue weighted by atomic mass is 16.7. The zero-order chi connectivity index (χ0) is 29.1. The Morgan fingerprint density at radius 3 is 1.67 bits per heavy atom. The summed E-state index contributed by atoms with van der Waals surface area (Å²) < 4.78 is 32.0. The summed E-state index contributed by atoms with van der Waals surface area (Å²) in [6.07, 6.45) is 18.3. The standard InChI is InChI=1S/C33H55NO8/c35-32(27-16-18-28(19-17-27)34(36)37)42-33-31(40-22-26-14-8-3-9-15-26)30(39-21-25-12-6-2-7-13-25)29(41-33)23-38-20-24-10-4-1-5-11-24/h24-31,33H,1-23H2. The van der Waals surface area contributed by atoms with Crippen LogP contribution in [-0.2, 0) is 28.5 Å². The Balaban J connectivity index is 1.24. The number of hydrogen-bond donors (Lipinski definition) is 0. The number of hydrogen-bond acceptors (Lipinski definition) is 8. The number of nitrogens with zero attached hydrogens (tertiary/aromatic N) is 1. The summed E-state index contributed by atoms with van der Waals surface area (Å²) in [7, 11) is 0. The molecule has 0 aromatic carbocycles. The fourth-order valence-electron chi connectivity index (χ4n) is 7.94. The van der Waals surface area contributed by atoms with Gasteiger partial charge in [0.2, 0.25) is 12.3 Å². The summed E-state index contributed by atoms with van der Waals surface area (Å²) in [6.45, 7) is 2.42. The van der Waals surface area contributed by atoms with Crippen molar-refractivity contribution in [2.45, 2.75) is 153 Å². The lowest BCUT2D eigenvalue weighted by molar-refractivity contribution is -0.526. The van der Waals surface area contributed by atoms with E-state index >= 15 is 0 Å². The monoisotopic (exact) mass is 593 g/mol. The second-order valence-electron chi connectivity index (χ2n) is 13.9. The molecule has 0 radical (unpaired) electrons. The third-order valence-corrected chi connectivity index (χ3v) is 10.7. The zero-order valence-corrected chi connectivity index (χ0v) is 25.7. The lowest BCUT2D eigenvalue weighted by Crippen LogP contribution is -2.42. The third-order valence-electron chi connectivity index (χ3n) is 10.7. The first kappa shape index (κ1) is 32.1. The second kappa shape index (κ2) is 16.7. The molecule has 0 N–H and O–H groups in total. The quantitative estimate of drug-likeness (QED) is 0.133. The first-order valence-corrected chi connectivity index (χ1v) is 17.4. The van der Waals surface area contributed by atoms with Crippen molar-refractivity contribution < 1.29 is 33.4 Å². The van der Waals surface area contributed by atoms with Gasteiger partial charge in [0.05, 0.1) is 25.7 Å². The maximum atomic E-state index is 13.3. The third kappa shape index (κ3) is 9.35. The fraction of sp³-hybridized carbons (Fsp3) is 0.970. The molecule has 9 nitrogen and oxygen atoms in total. The topological polar surface area (TPSA) is 106 Å². The van der Waals surface area contributed by atoms with Crippen LogP contribution in [0.5, 0.6) is 0 Å². The summed E-state index contributed by atoms with van der Waals surface area (Å²) in [5.41, 5.74) is 0. The normalized spacial score (nSPS) is 33.9. The highest BCUT2D eigenvalue weighted by Crippen LogP contribution is 2.35. The SMILES string of the molecule is O=C(OC1OC(COCC2CCCCC2)C(OCC2CCCCC2)C1OCC1CCCCC1)C1CCC([N+](=O)[O-])CC1. The van der Waals surface area contributed by atoms with E-state index in [1.165, 1.54) is 96.3 Å². The van der Waals surface area contributed by atoms with Gasteiger partial charge in [-0.25, -0.2) is 0 Å². The smallest absolute Gasteiger partial charge is 0.311 e. The number of carbonyl (C=O) groups is 1. The van der Waals surface area contributed by atoms with Crippen LogP contribution in [0.4, 0.5) is 0 Å². The Labute approximate surface area is 252 Å². The zero-order valence-electron chi connectivity index (χ0n) is 25.7. The molecule has 0 amide bonds. The summed E-state index contributed by atoms with van der Waals surface area (Å²) in [5.74, 6) is 0.978. The van der Waals surface area contributed by atoms with Crippen molar-refractivity contribution in [1.29, 1.82) is 0 Å². The second-order valence-corrected chi connectivity index (χ2v) is 13.9. The number of ether oxygens (including phenoxy) is 5. The minimum Gasteiger partial charge on any atom is -0.432 e. The molecule has 5 rings (SSSR count). The van der Waals surface area contributed by atoms with Crippen LogP contribution >= 0.6 is 0 Å². The van der Waals surface area contributed by atoms with Gasteiger partial charge in [0.1, 0.15) is 18.3 Å². The van der Waals surface area contributed by atoms with Crippen molar-refractivity contribution in [2.75, 3.05) is 26.4 Å². The van der Waals surface area contributed by atoms with Crippen LogP contribution in [-0.4, -0.2) is 68.0 Å². The number of esters is 1. The van der Waals surface area contributed by atoms with E-state index in [0.29, 0.717) is 63.3 Å². The first-order valence-electron chi connectivity index (χ1n) is 17.4. The van der Waals surface area contributed by atoms with E-state index in [1.807, 2.05) is 0 Å². The Hall–Kier alpha value is -1.29. The van der Waals surface area contributed by atoms with Crippen molar-refractivity contribution in [2.24, 2.45) is 23.7 Å². The molecule has 1 aliphatic heterocycles. The van der Waals surface area contributed by atoms with Crippen LogP contribution in [0.1, 0.15) is 122 Å². The van der Waals surface area contributed by atoms with Gasteiger partial charge in [0.25, 0.3) is 0 Å². The predicted molar refractivity (Wildman–Crippen MR) is 158 cm³/mol. The van der Waals surface area contributed by atoms with Crippen LogP contribution in [0, 0.1) is 33.8 Å². The van der Waals surface area contributed by atoms with Crippen molar-refractivity contribution in [1.82, 2.24) is 0 Å². The van der Waals surface area contributed by atoms with E-state index in [-0.39, 0.29) is 29.0 Å². The number of carbonyl (C=O) groups excluding carboxylic acids is 1. The average molecular weight is 594 g/mol. The highest BCUT2D eigenvalue weighted by Gasteiger charge is 2.50. The largest absolute Gasteiger partial charge is 0.432 e. The van der Waals surface area contributed by atoms with Crippen LogP contribution < -0.4 is 0 Å². The molecule has 240 valence electrons. The molecule has 9 heteroatoms. The molecular weight excluding hydrogens is 538 g/mol. The minimum atomic E-state index is -0.853. The van der Waals surface area contributed by atoms with E-state index in [1.54, 1.807) is 0 Å². The Bertz CT molecular complexity index is 815. The van der Waals surface area contributed by atoms with Crippen molar-refractivity contribution in [3.63, 3.8) is 0 Å². The van der Waals surface area contributed by atoms with E-state index in [4.69, 9.17) is 23.7 Å². The van der Waals surface area contributed by atoms with Crippen molar-refractivity contribution >= 4 is 5.97 Å². The summed E-state index contributed by atoms with van der Waals surface area (Å²) in [4.78, 5) is 24.3. The van der Waals surface area contributed by atoms with Gasteiger partial charge in [-0.3, -0.25) is 14.9 Å². The van der Waals surface area contributed by atoms with Gasteiger partial charge in [0, 0.05) is 24.4 Å². The van der Waals surface area contributed by atoms with Gasteiger partial charge in [0.15, 0.2) is 0 Å². The van der Waals surface area contributed by atoms with Crippen LogP contribution in [0.15, 0.2) is 0 Å². The molecule has 4 aliphatic carbocycles. The molecule has 5 aliphatic rings. The summed E-state index contributed by atoms with van der Waals surface area (Å²) in [5, 5.41) is 11.2. The lowest BCUT2D eigenvalue weighted by atomic mass is 9.86. The fourth-order valence-corrected chi connectivity index (χ4v) is 7.94. The van der Waals surface area contributed by atoms with E-state index < -0.39 is 18.4 Å². The highest BCUT2D eigenvalue weighted by molar-refractivity contribution is 5.72. The van der Waals surface area contributed by atoms with Gasteiger partial charge >= 0.3 is 5.97 Å². The van der Waals surface area contributed by atoms with Crippen LogP contribution in [0.3, 0.4) is 0 Å². The maximum Gasteiger partial charge on any atom is 0.311 e. The number of rotatable bonds is 13. The Morgan fingerprint density at radius 2 is 1.14 bits per heavy atom. The van der Waals surface area contributed by atoms with Gasteiger partial charge in [-0.05, 0) is 69.1 Å². The van der Waals surface area contributed by atoms with Crippen molar-refractivity contribution in [3.8, 4) is 0 Å². The average Bonchev–Trinajstić information content (AvgIpc) is 3.35. The van der Waals surface area contributed by atoms with Crippen LogP contribution in [0.2, 0.25) is 0 Å². The molecule has 0 aromatic heterocycles. The van der Waals surface area contributed by atoms with E-state index in [0.717, 1.165) is 6.61 Å². The van der Waals surface area contributed by atoms with Crippen molar-refractivity contribution in [3.05, 3.63) is 10.1 Å². The molecule has 0 aromatic rings. The Kier molecular flexibility index (Phi) is 12.8. The molecule has 4 unspecified atom stereocenters. The molecular formula is C33H55NO8. The molecule has 4 saturated carbocycles. The summed E-state index contributed by atoms with van der Waals surface area (Å²) >= 11 is 0. The maximum absolute atomic E-state index is 13.3. The van der Waals surface area contributed by atoms with Gasteiger partial charge < -0.3 is 23.7 Å². The lowest BCUT2D eigenvalue weighted by Gasteiger charge is -2.30. The molecule has 0 bridgehead atoms.